The van der Waals surface area contributed by atoms with Crippen LogP contribution in [0.1, 0.15) is 24.5 Å². The van der Waals surface area contributed by atoms with E-state index in [2.05, 4.69) is 48.6 Å². The molecular formula is C24H30N2O3. The zero-order valence-electron chi connectivity index (χ0n) is 17.5. The minimum atomic E-state index is -0.626. The van der Waals surface area contributed by atoms with E-state index in [1.807, 2.05) is 19.1 Å². The fraction of sp³-hybridized carbons (Fsp3) is 0.417. The molecule has 0 saturated carbocycles. The van der Waals surface area contributed by atoms with Crippen molar-refractivity contribution in [2.45, 2.75) is 26.7 Å². The second-order valence-electron chi connectivity index (χ2n) is 7.84. The van der Waals surface area contributed by atoms with Crippen LogP contribution in [0.2, 0.25) is 0 Å². The van der Waals surface area contributed by atoms with Gasteiger partial charge in [0.1, 0.15) is 6.61 Å². The minimum Gasteiger partial charge on any atom is -0.375 e. The van der Waals surface area contributed by atoms with Gasteiger partial charge < -0.3 is 15.0 Å². The molecule has 29 heavy (non-hydrogen) atoms. The molecule has 3 rings (SSSR count). The van der Waals surface area contributed by atoms with Gasteiger partial charge in [0.05, 0.1) is 5.41 Å². The zero-order valence-corrected chi connectivity index (χ0v) is 17.5. The number of rotatable bonds is 7. The molecular weight excluding hydrogens is 364 g/mol. The number of methoxy groups -OCH3 is 1. The largest absolute Gasteiger partial charge is 0.375 e. The SMILES string of the molecule is CCNC(=O)[C@]1(Cc2ccccc2-c2cccc(C)c2)CCN(C(=O)COC)C1. The lowest BCUT2D eigenvalue weighted by Crippen LogP contribution is -2.45. The summed E-state index contributed by atoms with van der Waals surface area (Å²) in [6.45, 7) is 5.63. The predicted molar refractivity (Wildman–Crippen MR) is 115 cm³/mol. The maximum absolute atomic E-state index is 13.1. The highest BCUT2D eigenvalue weighted by Crippen LogP contribution is 2.37. The van der Waals surface area contributed by atoms with Gasteiger partial charge in [0, 0.05) is 26.7 Å². The van der Waals surface area contributed by atoms with Gasteiger partial charge in [-0.15, -0.1) is 0 Å². The molecule has 1 fully saturated rings. The highest BCUT2D eigenvalue weighted by molar-refractivity contribution is 5.86. The quantitative estimate of drug-likeness (QED) is 0.785. The number of nitrogens with zero attached hydrogens (tertiary/aromatic N) is 1. The van der Waals surface area contributed by atoms with Crippen molar-refractivity contribution in [3.05, 3.63) is 59.7 Å². The van der Waals surface area contributed by atoms with Crippen molar-refractivity contribution in [3.63, 3.8) is 0 Å². The average molecular weight is 395 g/mol. The number of hydrogen-bond donors (Lipinski definition) is 1. The Balaban J connectivity index is 1.94. The van der Waals surface area contributed by atoms with Gasteiger partial charge in [0.25, 0.3) is 0 Å². The number of carbonyl (C=O) groups excluding carboxylic acids is 2. The number of amides is 2. The molecule has 0 aromatic heterocycles. The molecule has 0 aliphatic carbocycles. The Morgan fingerprint density at radius 3 is 2.69 bits per heavy atom. The highest BCUT2D eigenvalue weighted by Gasteiger charge is 2.46. The van der Waals surface area contributed by atoms with Crippen molar-refractivity contribution in [3.8, 4) is 11.1 Å². The van der Waals surface area contributed by atoms with Crippen LogP contribution in [0.3, 0.4) is 0 Å². The van der Waals surface area contributed by atoms with Crippen LogP contribution in [0.4, 0.5) is 0 Å². The molecule has 0 bridgehead atoms. The lowest BCUT2D eigenvalue weighted by Gasteiger charge is -2.29. The summed E-state index contributed by atoms with van der Waals surface area (Å²) in [6, 6.07) is 16.7. The third kappa shape index (κ3) is 4.67. The standard InChI is InChI=1S/C24H30N2O3/c1-4-25-23(28)24(12-13-26(17-24)22(27)16-29-3)15-20-9-5-6-11-21(20)19-10-7-8-18(2)14-19/h5-11,14H,4,12-13,15-17H2,1-3H3,(H,25,28)/t24-/m0/s1. The zero-order chi connectivity index (χ0) is 20.9. The number of benzene rings is 2. The highest BCUT2D eigenvalue weighted by atomic mass is 16.5. The summed E-state index contributed by atoms with van der Waals surface area (Å²) in [5.74, 6) is -0.0441. The predicted octanol–water partition coefficient (Wildman–Crippen LogP) is 3.21. The van der Waals surface area contributed by atoms with Crippen molar-refractivity contribution in [2.75, 3.05) is 33.4 Å². The molecule has 0 spiro atoms. The van der Waals surface area contributed by atoms with E-state index in [-0.39, 0.29) is 18.4 Å². The molecule has 1 N–H and O–H groups in total. The van der Waals surface area contributed by atoms with Gasteiger partial charge in [-0.25, -0.2) is 0 Å². The van der Waals surface area contributed by atoms with Crippen LogP contribution in [0.15, 0.2) is 48.5 Å². The molecule has 0 unspecified atom stereocenters. The molecule has 2 aromatic carbocycles. The van der Waals surface area contributed by atoms with Gasteiger partial charge in [-0.1, -0.05) is 54.1 Å². The number of aryl methyl sites for hydroxylation is 1. The molecule has 5 nitrogen and oxygen atoms in total. The Morgan fingerprint density at radius 2 is 1.97 bits per heavy atom. The van der Waals surface area contributed by atoms with Crippen LogP contribution in [-0.2, 0) is 20.7 Å². The number of nitrogens with one attached hydrogen (secondary N) is 1. The second-order valence-corrected chi connectivity index (χ2v) is 7.84. The Kier molecular flexibility index (Phi) is 6.70. The first kappa shape index (κ1) is 21.1. The van der Waals surface area contributed by atoms with E-state index < -0.39 is 5.41 Å². The van der Waals surface area contributed by atoms with Crippen molar-refractivity contribution >= 4 is 11.8 Å². The van der Waals surface area contributed by atoms with Crippen LogP contribution in [0.5, 0.6) is 0 Å². The second kappa shape index (κ2) is 9.23. The third-order valence-corrected chi connectivity index (χ3v) is 5.67. The minimum absolute atomic E-state index is 0.0202. The summed E-state index contributed by atoms with van der Waals surface area (Å²) in [6.07, 6.45) is 1.25. The van der Waals surface area contributed by atoms with Crippen LogP contribution < -0.4 is 5.32 Å². The summed E-state index contributed by atoms with van der Waals surface area (Å²) < 4.78 is 5.01. The summed E-state index contributed by atoms with van der Waals surface area (Å²) in [5, 5.41) is 3.00. The van der Waals surface area contributed by atoms with Gasteiger partial charge in [0.2, 0.25) is 11.8 Å². The van der Waals surface area contributed by atoms with Crippen LogP contribution in [0, 0.1) is 12.3 Å². The topological polar surface area (TPSA) is 58.6 Å². The fourth-order valence-corrected chi connectivity index (χ4v) is 4.19. The van der Waals surface area contributed by atoms with E-state index in [0.29, 0.717) is 32.5 Å². The number of likely N-dealkylation sites (tertiary alicyclic amines) is 1. The molecule has 154 valence electrons. The average Bonchev–Trinajstić information content (AvgIpc) is 3.14. The number of ether oxygens (including phenoxy) is 1. The van der Waals surface area contributed by atoms with Gasteiger partial charge in [-0.2, -0.15) is 0 Å². The fourth-order valence-electron chi connectivity index (χ4n) is 4.19. The maximum atomic E-state index is 13.1. The molecule has 0 radical (unpaired) electrons. The molecule has 2 aromatic rings. The van der Waals surface area contributed by atoms with E-state index >= 15 is 0 Å². The van der Waals surface area contributed by atoms with Gasteiger partial charge in [-0.3, -0.25) is 9.59 Å². The van der Waals surface area contributed by atoms with Crippen molar-refractivity contribution in [2.24, 2.45) is 5.41 Å². The lowest BCUT2D eigenvalue weighted by atomic mass is 9.78. The Hall–Kier alpha value is -2.66. The van der Waals surface area contributed by atoms with E-state index in [9.17, 15) is 9.59 Å². The molecule has 1 aliphatic rings. The first-order chi connectivity index (χ1) is 14.0. The molecule has 1 aliphatic heterocycles. The van der Waals surface area contributed by atoms with Crippen LogP contribution in [0.25, 0.3) is 11.1 Å². The van der Waals surface area contributed by atoms with Crippen molar-refractivity contribution < 1.29 is 14.3 Å². The molecule has 1 atom stereocenters. The Morgan fingerprint density at radius 1 is 1.17 bits per heavy atom. The van der Waals surface area contributed by atoms with Gasteiger partial charge >= 0.3 is 0 Å². The molecule has 2 amide bonds. The van der Waals surface area contributed by atoms with E-state index in [1.165, 1.54) is 12.7 Å². The monoisotopic (exact) mass is 394 g/mol. The summed E-state index contributed by atoms with van der Waals surface area (Å²) >= 11 is 0. The Bertz CT molecular complexity index is 880. The van der Waals surface area contributed by atoms with Crippen molar-refractivity contribution in [1.29, 1.82) is 0 Å². The molecule has 5 heteroatoms. The summed E-state index contributed by atoms with van der Waals surface area (Å²) in [7, 11) is 1.52. The van der Waals surface area contributed by atoms with E-state index in [1.54, 1.807) is 4.90 Å². The van der Waals surface area contributed by atoms with Crippen LogP contribution in [-0.4, -0.2) is 50.1 Å². The first-order valence-electron chi connectivity index (χ1n) is 10.2. The van der Waals surface area contributed by atoms with E-state index in [4.69, 9.17) is 4.74 Å². The lowest BCUT2D eigenvalue weighted by molar-refractivity contribution is -0.135. The molecule has 1 heterocycles. The number of hydrogen-bond acceptors (Lipinski definition) is 3. The normalized spacial score (nSPS) is 18.7. The van der Waals surface area contributed by atoms with E-state index in [0.717, 1.165) is 16.7 Å². The van der Waals surface area contributed by atoms with Crippen LogP contribution >= 0.6 is 0 Å². The summed E-state index contributed by atoms with van der Waals surface area (Å²) in [5.41, 5.74) is 4.00. The van der Waals surface area contributed by atoms with Gasteiger partial charge in [-0.05, 0) is 43.4 Å². The van der Waals surface area contributed by atoms with Gasteiger partial charge in [0.15, 0.2) is 0 Å². The summed E-state index contributed by atoms with van der Waals surface area (Å²) in [4.78, 5) is 27.2. The Labute approximate surface area is 173 Å². The maximum Gasteiger partial charge on any atom is 0.248 e. The third-order valence-electron chi connectivity index (χ3n) is 5.67. The molecule has 1 saturated heterocycles. The van der Waals surface area contributed by atoms with Crippen molar-refractivity contribution in [1.82, 2.24) is 10.2 Å². The smallest absolute Gasteiger partial charge is 0.248 e. The number of carbonyl (C=O) groups is 2. The first-order valence-corrected chi connectivity index (χ1v) is 10.2.